The molecule has 0 aliphatic rings. The Morgan fingerprint density at radius 1 is 1.45 bits per heavy atom. The zero-order valence-corrected chi connectivity index (χ0v) is 10.4. The smallest absolute Gasteiger partial charge is 0.387 e. The highest BCUT2D eigenvalue weighted by atomic mass is 19.3. The number of nitrogens with zero attached hydrogens (tertiary/aromatic N) is 3. The molecule has 2 rings (SSSR count). The minimum absolute atomic E-state index is 0.0835. The number of amides is 1. The van der Waals surface area contributed by atoms with Crippen LogP contribution >= 0.6 is 0 Å². The molecule has 1 amide bonds. The van der Waals surface area contributed by atoms with Gasteiger partial charge in [0.2, 0.25) is 0 Å². The van der Waals surface area contributed by atoms with Crippen LogP contribution in [-0.4, -0.2) is 33.1 Å². The Hall–Kier alpha value is -2.58. The highest BCUT2D eigenvalue weighted by molar-refractivity contribution is 5.94. The number of hydrogen-bond acceptors (Lipinski definition) is 5. The molecule has 1 atom stereocenters. The second-order valence-corrected chi connectivity index (χ2v) is 3.87. The third-order valence-electron chi connectivity index (χ3n) is 2.42. The van der Waals surface area contributed by atoms with Gasteiger partial charge in [-0.1, -0.05) is 11.3 Å². The van der Waals surface area contributed by atoms with Crippen molar-refractivity contribution >= 4 is 5.91 Å². The first kappa shape index (κ1) is 13.8. The molecule has 1 unspecified atom stereocenters. The summed E-state index contributed by atoms with van der Waals surface area (Å²) in [5.41, 5.74) is 0.193. The predicted molar refractivity (Wildman–Crippen MR) is 63.1 cm³/mol. The van der Waals surface area contributed by atoms with Gasteiger partial charge in [-0.25, -0.2) is 0 Å². The Kier molecular flexibility index (Phi) is 4.18. The monoisotopic (exact) mass is 283 g/mol. The molecule has 0 spiro atoms. The number of aromatic amines is 1. The number of aromatic nitrogens is 4. The number of rotatable bonds is 5. The maximum absolute atomic E-state index is 12.1. The number of tetrazole rings is 1. The van der Waals surface area contributed by atoms with E-state index in [0.29, 0.717) is 5.82 Å². The Morgan fingerprint density at radius 2 is 2.25 bits per heavy atom. The molecule has 9 heteroatoms. The molecule has 1 aromatic carbocycles. The number of H-pyrrole nitrogens is 1. The lowest BCUT2D eigenvalue weighted by atomic mass is 10.2. The third-order valence-corrected chi connectivity index (χ3v) is 2.42. The second kappa shape index (κ2) is 6.04. The van der Waals surface area contributed by atoms with E-state index in [1.54, 1.807) is 6.92 Å². The third kappa shape index (κ3) is 3.46. The van der Waals surface area contributed by atoms with E-state index >= 15 is 0 Å². The van der Waals surface area contributed by atoms with Gasteiger partial charge >= 0.3 is 6.61 Å². The fourth-order valence-corrected chi connectivity index (χ4v) is 1.51. The number of nitrogens with one attached hydrogen (secondary N) is 2. The molecule has 7 nitrogen and oxygen atoms in total. The average Bonchev–Trinajstić information content (AvgIpc) is 2.92. The summed E-state index contributed by atoms with van der Waals surface area (Å²) in [6, 6.07) is 5.03. The number of halogens is 2. The number of carbonyl (C=O) groups excluding carboxylic acids is 1. The summed E-state index contributed by atoms with van der Waals surface area (Å²) in [5.74, 6) is -0.222. The maximum atomic E-state index is 12.1. The number of hydrogen-bond donors (Lipinski definition) is 2. The van der Waals surface area contributed by atoms with E-state index in [0.717, 1.165) is 0 Å². The first-order valence-corrected chi connectivity index (χ1v) is 5.65. The van der Waals surface area contributed by atoms with Gasteiger partial charge in [0, 0.05) is 5.56 Å². The molecule has 0 bridgehead atoms. The van der Waals surface area contributed by atoms with Crippen LogP contribution in [0.25, 0.3) is 0 Å². The van der Waals surface area contributed by atoms with Gasteiger partial charge in [0.15, 0.2) is 5.82 Å². The van der Waals surface area contributed by atoms with Crippen LogP contribution in [-0.2, 0) is 0 Å². The molecule has 0 radical (unpaired) electrons. The number of ether oxygens (including phenoxy) is 1. The first-order chi connectivity index (χ1) is 9.56. The Morgan fingerprint density at radius 3 is 2.90 bits per heavy atom. The lowest BCUT2D eigenvalue weighted by Gasteiger charge is -2.11. The lowest BCUT2D eigenvalue weighted by Crippen LogP contribution is -2.27. The maximum Gasteiger partial charge on any atom is 0.387 e. The number of alkyl halides is 2. The number of benzene rings is 1. The summed E-state index contributed by atoms with van der Waals surface area (Å²) >= 11 is 0. The van der Waals surface area contributed by atoms with Gasteiger partial charge in [0.25, 0.3) is 5.91 Å². The minimum Gasteiger partial charge on any atom is -0.435 e. The van der Waals surface area contributed by atoms with Gasteiger partial charge < -0.3 is 10.1 Å². The molecule has 0 aliphatic heterocycles. The molecule has 1 aromatic heterocycles. The van der Waals surface area contributed by atoms with E-state index in [-0.39, 0.29) is 11.3 Å². The van der Waals surface area contributed by atoms with Gasteiger partial charge in [-0.15, -0.1) is 10.2 Å². The highest BCUT2D eigenvalue weighted by Crippen LogP contribution is 2.16. The highest BCUT2D eigenvalue weighted by Gasteiger charge is 2.15. The summed E-state index contributed by atoms with van der Waals surface area (Å²) in [6.45, 7) is -1.27. The Bertz CT molecular complexity index is 576. The van der Waals surface area contributed by atoms with E-state index < -0.39 is 18.6 Å². The molecule has 2 aromatic rings. The topological polar surface area (TPSA) is 92.8 Å². The molecule has 20 heavy (non-hydrogen) atoms. The summed E-state index contributed by atoms with van der Waals surface area (Å²) in [7, 11) is 0. The van der Waals surface area contributed by atoms with Crippen molar-refractivity contribution in [3.05, 3.63) is 35.7 Å². The predicted octanol–water partition coefficient (Wildman–Crippen LogP) is 1.29. The molecule has 0 fully saturated rings. The Labute approximate surface area is 112 Å². The van der Waals surface area contributed by atoms with E-state index in [2.05, 4.69) is 30.7 Å². The van der Waals surface area contributed by atoms with Crippen LogP contribution in [0.5, 0.6) is 5.75 Å². The van der Waals surface area contributed by atoms with Gasteiger partial charge in [-0.3, -0.25) is 4.79 Å². The van der Waals surface area contributed by atoms with Crippen molar-refractivity contribution in [3.63, 3.8) is 0 Å². The van der Waals surface area contributed by atoms with Gasteiger partial charge in [-0.05, 0) is 25.1 Å². The molecule has 0 aliphatic carbocycles. The zero-order valence-electron chi connectivity index (χ0n) is 10.4. The van der Waals surface area contributed by atoms with Crippen molar-refractivity contribution in [1.82, 2.24) is 25.9 Å². The van der Waals surface area contributed by atoms with Gasteiger partial charge in [-0.2, -0.15) is 14.0 Å². The quantitative estimate of drug-likeness (QED) is 0.862. The molecule has 106 valence electrons. The van der Waals surface area contributed by atoms with Gasteiger partial charge in [0.1, 0.15) is 5.75 Å². The van der Waals surface area contributed by atoms with Crippen molar-refractivity contribution in [2.75, 3.05) is 0 Å². The van der Waals surface area contributed by atoms with E-state index in [9.17, 15) is 13.6 Å². The summed E-state index contributed by atoms with van der Waals surface area (Å²) in [6.07, 6.45) is 0. The second-order valence-electron chi connectivity index (χ2n) is 3.87. The molecule has 0 saturated heterocycles. The van der Waals surface area contributed by atoms with E-state index in [4.69, 9.17) is 0 Å². The summed E-state index contributed by atoms with van der Waals surface area (Å²) in [5, 5.41) is 15.7. The molecule has 0 saturated carbocycles. The molecular weight excluding hydrogens is 272 g/mol. The normalized spacial score (nSPS) is 12.2. The van der Waals surface area contributed by atoms with Crippen LogP contribution in [0.15, 0.2) is 24.3 Å². The standard InChI is InChI=1S/C11H11F2N5O2/c1-6(9-15-17-18-16-9)14-10(19)7-3-2-4-8(5-7)20-11(12)13/h2-6,11H,1H3,(H,14,19)(H,15,16,17,18). The van der Waals surface area contributed by atoms with Gasteiger partial charge in [0.05, 0.1) is 6.04 Å². The SMILES string of the molecule is CC(NC(=O)c1cccc(OC(F)F)c1)c1nn[nH]n1. The van der Waals surface area contributed by atoms with Crippen LogP contribution in [0.4, 0.5) is 8.78 Å². The first-order valence-electron chi connectivity index (χ1n) is 5.65. The summed E-state index contributed by atoms with van der Waals surface area (Å²) < 4.78 is 28.4. The van der Waals surface area contributed by atoms with Crippen molar-refractivity contribution in [2.45, 2.75) is 19.6 Å². The largest absolute Gasteiger partial charge is 0.435 e. The van der Waals surface area contributed by atoms with Crippen molar-refractivity contribution in [1.29, 1.82) is 0 Å². The van der Waals surface area contributed by atoms with E-state index in [1.165, 1.54) is 24.3 Å². The number of carbonyl (C=O) groups is 1. The fraction of sp³-hybridized carbons (Fsp3) is 0.273. The van der Waals surface area contributed by atoms with Crippen LogP contribution in [0.2, 0.25) is 0 Å². The summed E-state index contributed by atoms with van der Waals surface area (Å²) in [4.78, 5) is 11.9. The van der Waals surface area contributed by atoms with Crippen LogP contribution < -0.4 is 10.1 Å². The molecule has 1 heterocycles. The van der Waals surface area contributed by atoms with Crippen molar-refractivity contribution in [2.24, 2.45) is 0 Å². The fourth-order valence-electron chi connectivity index (χ4n) is 1.51. The van der Waals surface area contributed by atoms with E-state index in [1.807, 2.05) is 0 Å². The van der Waals surface area contributed by atoms with Crippen molar-refractivity contribution < 1.29 is 18.3 Å². The minimum atomic E-state index is -2.94. The lowest BCUT2D eigenvalue weighted by molar-refractivity contribution is -0.0498. The van der Waals surface area contributed by atoms with Crippen LogP contribution in [0.1, 0.15) is 29.1 Å². The Balaban J connectivity index is 2.05. The van der Waals surface area contributed by atoms with Crippen LogP contribution in [0.3, 0.4) is 0 Å². The van der Waals surface area contributed by atoms with Crippen LogP contribution in [0, 0.1) is 0 Å². The molecular formula is C11H11F2N5O2. The molecule has 2 N–H and O–H groups in total. The average molecular weight is 283 g/mol. The van der Waals surface area contributed by atoms with Crippen molar-refractivity contribution in [3.8, 4) is 5.75 Å². The zero-order chi connectivity index (χ0) is 14.5.